The van der Waals surface area contributed by atoms with Crippen LogP contribution >= 0.6 is 0 Å². The highest BCUT2D eigenvalue weighted by molar-refractivity contribution is 6.00. The van der Waals surface area contributed by atoms with E-state index in [0.717, 1.165) is 24.1 Å². The molecule has 2 atom stereocenters. The lowest BCUT2D eigenvalue weighted by atomic mass is 10.0. The number of ether oxygens (including phenoxy) is 2. The molecular formula is C29H28F3N3O4. The van der Waals surface area contributed by atoms with Crippen molar-refractivity contribution in [2.75, 3.05) is 33.9 Å². The Bertz CT molecular complexity index is 1430. The monoisotopic (exact) mass is 539 g/mol. The van der Waals surface area contributed by atoms with E-state index >= 15 is 0 Å². The molecule has 0 bridgehead atoms. The highest BCUT2D eigenvalue weighted by Gasteiger charge is 2.45. The molecule has 39 heavy (non-hydrogen) atoms. The molecule has 0 N–H and O–H groups in total. The van der Waals surface area contributed by atoms with Crippen LogP contribution in [0.4, 0.5) is 13.2 Å². The second-order valence-corrected chi connectivity index (χ2v) is 9.83. The van der Waals surface area contributed by atoms with E-state index in [4.69, 9.17) is 9.47 Å². The highest BCUT2D eigenvalue weighted by atomic mass is 19.4. The molecule has 7 nitrogen and oxygen atoms in total. The van der Waals surface area contributed by atoms with Crippen molar-refractivity contribution in [3.8, 4) is 22.8 Å². The number of fused-ring (bicyclic) bond motifs is 1. The van der Waals surface area contributed by atoms with E-state index < -0.39 is 11.7 Å². The SMILES string of the molecule is COc1cc(C)c(C(=O)N2CC[C@H]3CN(C(=O)c4cccnc4-c4cccc(C(F)(F)F)c4)C[C@H]32)cc1OC. The summed E-state index contributed by atoms with van der Waals surface area (Å²) in [5, 5.41) is 0. The van der Waals surface area contributed by atoms with Gasteiger partial charge in [0.15, 0.2) is 11.5 Å². The second kappa shape index (κ2) is 10.2. The summed E-state index contributed by atoms with van der Waals surface area (Å²) >= 11 is 0. The second-order valence-electron chi connectivity index (χ2n) is 9.83. The van der Waals surface area contributed by atoms with Gasteiger partial charge in [-0.2, -0.15) is 13.2 Å². The lowest BCUT2D eigenvalue weighted by molar-refractivity contribution is -0.137. The van der Waals surface area contributed by atoms with Gasteiger partial charge in [0.05, 0.1) is 37.1 Å². The summed E-state index contributed by atoms with van der Waals surface area (Å²) in [7, 11) is 3.05. The quantitative estimate of drug-likeness (QED) is 0.452. The average molecular weight is 540 g/mol. The van der Waals surface area contributed by atoms with E-state index in [2.05, 4.69) is 4.98 Å². The number of aromatic nitrogens is 1. The molecule has 2 fully saturated rings. The Morgan fingerprint density at radius 2 is 1.69 bits per heavy atom. The molecule has 2 aliphatic rings. The molecular weight excluding hydrogens is 511 g/mol. The van der Waals surface area contributed by atoms with Crippen LogP contribution in [0.1, 0.15) is 38.3 Å². The topological polar surface area (TPSA) is 72.0 Å². The summed E-state index contributed by atoms with van der Waals surface area (Å²) in [6.45, 7) is 3.20. The fourth-order valence-corrected chi connectivity index (χ4v) is 5.57. The maximum atomic E-state index is 13.6. The molecule has 0 aliphatic carbocycles. The van der Waals surface area contributed by atoms with E-state index in [1.54, 1.807) is 29.2 Å². The summed E-state index contributed by atoms with van der Waals surface area (Å²) in [6.07, 6.45) is -2.30. The summed E-state index contributed by atoms with van der Waals surface area (Å²) in [5.74, 6) is 0.647. The fraction of sp³-hybridized carbons (Fsp3) is 0.345. The van der Waals surface area contributed by atoms with Gasteiger partial charge in [0, 0.05) is 42.9 Å². The number of likely N-dealkylation sites (tertiary alicyclic amines) is 2. The van der Waals surface area contributed by atoms with Crippen LogP contribution in [0.2, 0.25) is 0 Å². The molecule has 2 aliphatic heterocycles. The lowest BCUT2D eigenvalue weighted by Crippen LogP contribution is -2.41. The minimum absolute atomic E-state index is 0.104. The Balaban J connectivity index is 1.38. The molecule has 0 radical (unpaired) electrons. The number of halogens is 3. The number of amides is 2. The number of rotatable bonds is 5. The Morgan fingerprint density at radius 1 is 0.949 bits per heavy atom. The van der Waals surface area contributed by atoms with Gasteiger partial charge in [-0.3, -0.25) is 14.6 Å². The van der Waals surface area contributed by atoms with E-state index in [9.17, 15) is 22.8 Å². The molecule has 2 amide bonds. The van der Waals surface area contributed by atoms with Crippen LogP contribution in [-0.4, -0.2) is 66.5 Å². The number of hydrogen-bond acceptors (Lipinski definition) is 5. The molecule has 2 saturated heterocycles. The normalized spacial score (nSPS) is 18.7. The van der Waals surface area contributed by atoms with Crippen LogP contribution in [-0.2, 0) is 6.18 Å². The first-order valence-electron chi connectivity index (χ1n) is 12.6. The van der Waals surface area contributed by atoms with Crippen molar-refractivity contribution >= 4 is 11.8 Å². The maximum absolute atomic E-state index is 13.6. The van der Waals surface area contributed by atoms with Crippen molar-refractivity contribution in [3.05, 3.63) is 77.0 Å². The highest BCUT2D eigenvalue weighted by Crippen LogP contribution is 2.37. The minimum atomic E-state index is -4.51. The number of alkyl halides is 3. The first kappa shape index (κ1) is 26.5. The number of hydrogen-bond donors (Lipinski definition) is 0. The maximum Gasteiger partial charge on any atom is 0.416 e. The predicted octanol–water partition coefficient (Wildman–Crippen LogP) is 5.08. The first-order valence-corrected chi connectivity index (χ1v) is 12.6. The Hall–Kier alpha value is -4.08. The van der Waals surface area contributed by atoms with Gasteiger partial charge < -0.3 is 19.3 Å². The van der Waals surface area contributed by atoms with Crippen molar-refractivity contribution in [3.63, 3.8) is 0 Å². The van der Waals surface area contributed by atoms with Crippen LogP contribution in [0, 0.1) is 12.8 Å². The lowest BCUT2D eigenvalue weighted by Gasteiger charge is -2.26. The summed E-state index contributed by atoms with van der Waals surface area (Å²) < 4.78 is 50.7. The van der Waals surface area contributed by atoms with Crippen LogP contribution < -0.4 is 9.47 Å². The number of carbonyl (C=O) groups is 2. The zero-order valence-electron chi connectivity index (χ0n) is 21.8. The van der Waals surface area contributed by atoms with Gasteiger partial charge >= 0.3 is 6.18 Å². The summed E-state index contributed by atoms with van der Waals surface area (Å²) in [5.41, 5.74) is 1.10. The molecule has 3 heterocycles. The fourth-order valence-electron chi connectivity index (χ4n) is 5.57. The standard InChI is InChI=1S/C29H28F3N3O4/c1-17-12-24(38-2)25(39-3)14-22(17)28(37)35-11-9-19-15-34(16-23(19)35)27(36)21-8-5-10-33-26(21)18-6-4-7-20(13-18)29(30,31)32/h4-8,10,12-14,19,23H,9,11,15-16H2,1-3H3/t19-,23+/m0/s1. The number of nitrogens with zero attached hydrogens (tertiary/aromatic N) is 3. The van der Waals surface area contributed by atoms with E-state index in [1.165, 1.54) is 32.5 Å². The third-order valence-corrected chi connectivity index (χ3v) is 7.56. The van der Waals surface area contributed by atoms with Gasteiger partial charge in [-0.25, -0.2) is 0 Å². The van der Waals surface area contributed by atoms with Crippen LogP contribution in [0.3, 0.4) is 0 Å². The van der Waals surface area contributed by atoms with Crippen molar-refractivity contribution < 1.29 is 32.2 Å². The third-order valence-electron chi connectivity index (χ3n) is 7.56. The molecule has 10 heteroatoms. The van der Waals surface area contributed by atoms with Crippen molar-refractivity contribution in [2.45, 2.75) is 25.6 Å². The van der Waals surface area contributed by atoms with Gasteiger partial charge in [0.2, 0.25) is 0 Å². The van der Waals surface area contributed by atoms with Gasteiger partial charge in [0.25, 0.3) is 11.8 Å². The van der Waals surface area contributed by atoms with Crippen molar-refractivity contribution in [1.82, 2.24) is 14.8 Å². The average Bonchev–Trinajstić information content (AvgIpc) is 3.53. The Kier molecular flexibility index (Phi) is 6.96. The molecule has 0 unspecified atom stereocenters. The van der Waals surface area contributed by atoms with E-state index in [-0.39, 0.29) is 40.6 Å². The first-order chi connectivity index (χ1) is 18.6. The smallest absolute Gasteiger partial charge is 0.416 e. The molecule has 3 aromatic rings. The number of carbonyl (C=O) groups excluding carboxylic acids is 2. The summed E-state index contributed by atoms with van der Waals surface area (Å²) in [4.78, 5) is 35.0. The Morgan fingerprint density at radius 3 is 2.41 bits per heavy atom. The van der Waals surface area contributed by atoms with Gasteiger partial charge in [-0.1, -0.05) is 12.1 Å². The molecule has 204 valence electrons. The number of aryl methyl sites for hydroxylation is 1. The van der Waals surface area contributed by atoms with Gasteiger partial charge in [-0.05, 0) is 55.3 Å². The number of methoxy groups -OCH3 is 2. The number of benzene rings is 2. The largest absolute Gasteiger partial charge is 0.493 e. The van der Waals surface area contributed by atoms with Crippen LogP contribution in [0.5, 0.6) is 11.5 Å². The minimum Gasteiger partial charge on any atom is -0.493 e. The zero-order valence-corrected chi connectivity index (χ0v) is 21.8. The van der Waals surface area contributed by atoms with Crippen LogP contribution in [0.25, 0.3) is 11.3 Å². The van der Waals surface area contributed by atoms with E-state index in [0.29, 0.717) is 36.7 Å². The van der Waals surface area contributed by atoms with Crippen molar-refractivity contribution in [1.29, 1.82) is 0 Å². The van der Waals surface area contributed by atoms with Gasteiger partial charge in [0.1, 0.15) is 0 Å². The molecule has 1 aromatic heterocycles. The molecule has 2 aromatic carbocycles. The third kappa shape index (κ3) is 4.91. The van der Waals surface area contributed by atoms with Crippen LogP contribution in [0.15, 0.2) is 54.7 Å². The number of pyridine rings is 1. The van der Waals surface area contributed by atoms with Gasteiger partial charge in [-0.15, -0.1) is 0 Å². The molecule has 0 spiro atoms. The van der Waals surface area contributed by atoms with E-state index in [1.807, 2.05) is 11.8 Å². The summed E-state index contributed by atoms with van der Waals surface area (Å²) in [6, 6.07) is 11.3. The molecule has 0 saturated carbocycles. The Labute approximate surface area is 224 Å². The predicted molar refractivity (Wildman–Crippen MR) is 138 cm³/mol. The van der Waals surface area contributed by atoms with Crippen molar-refractivity contribution in [2.24, 2.45) is 5.92 Å². The zero-order chi connectivity index (χ0) is 27.9. The molecule has 5 rings (SSSR count).